The van der Waals surface area contributed by atoms with Gasteiger partial charge in [-0.15, -0.1) is 0 Å². The first-order valence-electron chi connectivity index (χ1n) is 2.39. The summed E-state index contributed by atoms with van der Waals surface area (Å²) in [6.45, 7) is 2.38. The maximum absolute atomic E-state index is 2.55. The predicted molar refractivity (Wildman–Crippen MR) is 34.0 cm³/mol. The zero-order valence-electron chi connectivity index (χ0n) is 3.74. The van der Waals surface area contributed by atoms with Gasteiger partial charge in [0.15, 0.2) is 0 Å². The molecule has 0 N–H and O–H groups in total. The van der Waals surface area contributed by atoms with E-state index in [9.17, 15) is 0 Å². The molecule has 3 atom stereocenters. The van der Waals surface area contributed by atoms with E-state index in [1.54, 1.807) is 0 Å². The molecule has 34 valence electrons. The third-order valence-electron chi connectivity index (χ3n) is 2.22. The summed E-state index contributed by atoms with van der Waals surface area (Å²) in [7, 11) is 0. The molecule has 6 heavy (non-hydrogen) atoms. The smallest absolute Gasteiger partial charge is 0.0200 e. The highest BCUT2D eigenvalue weighted by molar-refractivity contribution is 14.1. The molecule has 0 bridgehead atoms. The molecule has 0 radical (unpaired) electrons. The third-order valence-corrected chi connectivity index (χ3v) is 4.51. The first-order chi connectivity index (χ1) is 2.75. The second-order valence-corrected chi connectivity index (χ2v) is 4.06. The Balaban J connectivity index is 2.23. The lowest BCUT2D eigenvalue weighted by Crippen LogP contribution is -1.87. The Labute approximate surface area is 51.4 Å². The zero-order chi connectivity index (χ0) is 4.36. The van der Waals surface area contributed by atoms with Crippen LogP contribution in [0.25, 0.3) is 0 Å². The number of rotatable bonds is 0. The summed E-state index contributed by atoms with van der Waals surface area (Å²) >= 11 is 2.55. The summed E-state index contributed by atoms with van der Waals surface area (Å²) in [4.78, 5) is 0. The van der Waals surface area contributed by atoms with Crippen LogP contribution in [0.4, 0.5) is 0 Å². The van der Waals surface area contributed by atoms with Crippen molar-refractivity contribution in [3.63, 3.8) is 0 Å². The molecular formula is C5H7I. The Kier molecular flexibility index (Phi) is 0.419. The summed E-state index contributed by atoms with van der Waals surface area (Å²) in [6.07, 6.45) is 1.53. The molecule has 1 unspecified atom stereocenters. The first kappa shape index (κ1) is 3.70. The maximum Gasteiger partial charge on any atom is 0.0200 e. The molecular weight excluding hydrogens is 187 g/mol. The minimum absolute atomic E-state index is 0.862. The van der Waals surface area contributed by atoms with Crippen molar-refractivity contribution in [2.45, 2.75) is 17.3 Å². The molecule has 0 aromatic carbocycles. The molecule has 2 rings (SSSR count). The fourth-order valence-corrected chi connectivity index (χ4v) is 2.65. The van der Waals surface area contributed by atoms with Gasteiger partial charge in [-0.05, 0) is 17.8 Å². The van der Waals surface area contributed by atoms with Crippen molar-refractivity contribution in [2.75, 3.05) is 0 Å². The first-order valence-corrected chi connectivity index (χ1v) is 3.64. The van der Waals surface area contributed by atoms with Crippen LogP contribution < -0.4 is 0 Å². The van der Waals surface area contributed by atoms with Crippen LogP contribution in [0.3, 0.4) is 0 Å². The second-order valence-electron chi connectivity index (χ2n) is 2.72. The van der Waals surface area contributed by atoms with Crippen molar-refractivity contribution >= 4 is 22.6 Å². The van der Waals surface area contributed by atoms with Crippen LogP contribution in [-0.4, -0.2) is 3.92 Å². The van der Waals surface area contributed by atoms with Gasteiger partial charge in [-0.3, -0.25) is 0 Å². The van der Waals surface area contributed by atoms with Crippen LogP contribution in [0.1, 0.15) is 13.3 Å². The Bertz CT molecular complexity index is 94.1. The van der Waals surface area contributed by atoms with Gasteiger partial charge in [0.05, 0.1) is 0 Å². The molecule has 0 amide bonds. The monoisotopic (exact) mass is 194 g/mol. The minimum Gasteiger partial charge on any atom is -0.0817 e. The van der Waals surface area contributed by atoms with Crippen molar-refractivity contribution < 1.29 is 0 Å². The van der Waals surface area contributed by atoms with E-state index in [2.05, 4.69) is 29.5 Å². The predicted octanol–water partition coefficient (Wildman–Crippen LogP) is 1.83. The molecule has 0 aromatic heterocycles. The van der Waals surface area contributed by atoms with Crippen molar-refractivity contribution in [3.8, 4) is 0 Å². The van der Waals surface area contributed by atoms with E-state index in [4.69, 9.17) is 0 Å². The Morgan fingerprint density at radius 2 is 2.17 bits per heavy atom. The highest BCUT2D eigenvalue weighted by Crippen LogP contribution is 2.78. The van der Waals surface area contributed by atoms with Gasteiger partial charge in [-0.1, -0.05) is 29.5 Å². The third kappa shape index (κ3) is 0.209. The van der Waals surface area contributed by atoms with Gasteiger partial charge >= 0.3 is 0 Å². The number of halogens is 1. The summed E-state index contributed by atoms with van der Waals surface area (Å²) in [6, 6.07) is 0. The van der Waals surface area contributed by atoms with Crippen LogP contribution in [0.2, 0.25) is 0 Å². The lowest BCUT2D eigenvalue weighted by Gasteiger charge is -1.91. The van der Waals surface area contributed by atoms with Crippen LogP contribution in [0.15, 0.2) is 0 Å². The summed E-state index contributed by atoms with van der Waals surface area (Å²) < 4.78 is 1.06. The van der Waals surface area contributed by atoms with E-state index in [0.717, 1.165) is 15.3 Å². The standard InChI is InChI=1S/C5H7I/c1-5-2-3(5)4(5)6/h3-4H,2H2,1H3/t3-,4?,5+/m1/s1. The fourth-order valence-electron chi connectivity index (χ4n) is 1.07. The molecule has 2 saturated carbocycles. The van der Waals surface area contributed by atoms with Gasteiger partial charge in [0.25, 0.3) is 0 Å². The van der Waals surface area contributed by atoms with Gasteiger partial charge in [0, 0.05) is 3.92 Å². The second kappa shape index (κ2) is 0.680. The molecule has 2 fully saturated rings. The SMILES string of the molecule is C[C@]12C[C@@H]1C2I. The summed E-state index contributed by atoms with van der Waals surface area (Å²) in [5, 5.41) is 0. The number of hydrogen-bond donors (Lipinski definition) is 0. The van der Waals surface area contributed by atoms with E-state index >= 15 is 0 Å². The Hall–Kier alpha value is 0.730. The summed E-state index contributed by atoms with van der Waals surface area (Å²) in [5.41, 5.74) is 0.862. The fraction of sp³-hybridized carbons (Fsp3) is 1.00. The number of fused-ring (bicyclic) bond motifs is 1. The zero-order valence-corrected chi connectivity index (χ0v) is 5.90. The molecule has 0 nitrogen and oxygen atoms in total. The van der Waals surface area contributed by atoms with E-state index in [1.807, 2.05) is 0 Å². The van der Waals surface area contributed by atoms with E-state index in [-0.39, 0.29) is 0 Å². The van der Waals surface area contributed by atoms with E-state index in [0.29, 0.717) is 0 Å². The van der Waals surface area contributed by atoms with Crippen molar-refractivity contribution in [2.24, 2.45) is 11.3 Å². The summed E-state index contributed by atoms with van der Waals surface area (Å²) in [5.74, 6) is 1.15. The van der Waals surface area contributed by atoms with Crippen molar-refractivity contribution in [1.82, 2.24) is 0 Å². The van der Waals surface area contributed by atoms with Gasteiger partial charge in [0.2, 0.25) is 0 Å². The average molecular weight is 194 g/mol. The van der Waals surface area contributed by atoms with Crippen LogP contribution in [0, 0.1) is 11.3 Å². The molecule has 0 spiro atoms. The Morgan fingerprint density at radius 1 is 1.83 bits per heavy atom. The molecule has 0 aromatic rings. The highest BCUT2D eigenvalue weighted by atomic mass is 127. The minimum atomic E-state index is 0.862. The molecule has 0 aliphatic heterocycles. The quantitative estimate of drug-likeness (QED) is 0.407. The topological polar surface area (TPSA) is 0 Å². The normalized spacial score (nSPS) is 73.0. The van der Waals surface area contributed by atoms with Gasteiger partial charge in [0.1, 0.15) is 0 Å². The van der Waals surface area contributed by atoms with Crippen molar-refractivity contribution in [3.05, 3.63) is 0 Å². The van der Waals surface area contributed by atoms with Crippen molar-refractivity contribution in [1.29, 1.82) is 0 Å². The lowest BCUT2D eigenvalue weighted by molar-refractivity contribution is 0.752. The number of hydrogen-bond acceptors (Lipinski definition) is 0. The largest absolute Gasteiger partial charge is 0.0817 e. The molecule has 2 aliphatic carbocycles. The van der Waals surface area contributed by atoms with Gasteiger partial charge in [-0.2, -0.15) is 0 Å². The average Bonchev–Trinajstić information content (AvgIpc) is 2.24. The van der Waals surface area contributed by atoms with Crippen LogP contribution in [0.5, 0.6) is 0 Å². The molecule has 2 aliphatic rings. The molecule has 0 heterocycles. The van der Waals surface area contributed by atoms with E-state index in [1.165, 1.54) is 6.42 Å². The van der Waals surface area contributed by atoms with E-state index < -0.39 is 0 Å². The maximum atomic E-state index is 2.55. The van der Waals surface area contributed by atoms with Gasteiger partial charge in [-0.25, -0.2) is 0 Å². The van der Waals surface area contributed by atoms with Gasteiger partial charge < -0.3 is 0 Å². The van der Waals surface area contributed by atoms with Crippen LogP contribution in [-0.2, 0) is 0 Å². The highest BCUT2D eigenvalue weighted by Gasteiger charge is 2.74. The lowest BCUT2D eigenvalue weighted by atomic mass is 10.3. The Morgan fingerprint density at radius 3 is 2.17 bits per heavy atom. The van der Waals surface area contributed by atoms with Crippen LogP contribution >= 0.6 is 22.6 Å². The number of alkyl halides is 1. The molecule has 1 heteroatoms. The molecule has 0 saturated heterocycles.